The molecule has 0 saturated heterocycles. The van der Waals surface area contributed by atoms with Crippen molar-refractivity contribution < 1.29 is 19.1 Å². The molecule has 0 aromatic carbocycles. The standard InChI is InChI=1S/C10H20N2O4/c1-8(12-7-9(13)16-3)10(14)11-5-4-6-15-2/h8,12H,4-7H2,1-3H3,(H,11,14). The third kappa shape index (κ3) is 7.19. The third-order valence-electron chi connectivity index (χ3n) is 2.00. The van der Waals surface area contributed by atoms with Crippen LogP contribution in [0.2, 0.25) is 0 Å². The second-order valence-corrected chi connectivity index (χ2v) is 3.32. The minimum absolute atomic E-state index is 0.0309. The van der Waals surface area contributed by atoms with Gasteiger partial charge in [-0.05, 0) is 13.3 Å². The molecular formula is C10H20N2O4. The number of esters is 1. The van der Waals surface area contributed by atoms with Gasteiger partial charge in [0.2, 0.25) is 5.91 Å². The molecule has 16 heavy (non-hydrogen) atoms. The lowest BCUT2D eigenvalue weighted by Gasteiger charge is -2.12. The number of hydrogen-bond donors (Lipinski definition) is 2. The molecular weight excluding hydrogens is 212 g/mol. The molecule has 6 nitrogen and oxygen atoms in total. The molecule has 1 unspecified atom stereocenters. The monoisotopic (exact) mass is 232 g/mol. The molecule has 0 aliphatic rings. The summed E-state index contributed by atoms with van der Waals surface area (Å²) in [5.74, 6) is -0.529. The number of carbonyl (C=O) groups is 2. The highest BCUT2D eigenvalue weighted by atomic mass is 16.5. The molecule has 0 radical (unpaired) electrons. The SMILES string of the molecule is COCCCNC(=O)C(C)NCC(=O)OC. The summed E-state index contributed by atoms with van der Waals surface area (Å²) < 4.78 is 9.29. The molecule has 1 atom stereocenters. The molecule has 0 saturated carbocycles. The Morgan fingerprint density at radius 2 is 2.00 bits per heavy atom. The van der Waals surface area contributed by atoms with Gasteiger partial charge in [0.05, 0.1) is 19.7 Å². The highest BCUT2D eigenvalue weighted by Gasteiger charge is 2.12. The highest BCUT2D eigenvalue weighted by Crippen LogP contribution is 1.84. The van der Waals surface area contributed by atoms with E-state index >= 15 is 0 Å². The quantitative estimate of drug-likeness (QED) is 0.427. The summed E-state index contributed by atoms with van der Waals surface area (Å²) in [4.78, 5) is 22.2. The molecule has 0 aromatic heterocycles. The van der Waals surface area contributed by atoms with Crippen molar-refractivity contribution in [3.63, 3.8) is 0 Å². The van der Waals surface area contributed by atoms with E-state index in [0.29, 0.717) is 13.2 Å². The van der Waals surface area contributed by atoms with Gasteiger partial charge in [-0.2, -0.15) is 0 Å². The first-order valence-corrected chi connectivity index (χ1v) is 5.18. The van der Waals surface area contributed by atoms with E-state index in [2.05, 4.69) is 15.4 Å². The Hall–Kier alpha value is -1.14. The average Bonchev–Trinajstić information content (AvgIpc) is 2.30. The minimum Gasteiger partial charge on any atom is -0.468 e. The predicted molar refractivity (Wildman–Crippen MR) is 59.0 cm³/mol. The topological polar surface area (TPSA) is 76.7 Å². The Bertz CT molecular complexity index is 221. The van der Waals surface area contributed by atoms with E-state index in [9.17, 15) is 9.59 Å². The van der Waals surface area contributed by atoms with Gasteiger partial charge < -0.3 is 14.8 Å². The van der Waals surface area contributed by atoms with Gasteiger partial charge in [-0.25, -0.2) is 0 Å². The first-order chi connectivity index (χ1) is 7.61. The first-order valence-electron chi connectivity index (χ1n) is 5.18. The minimum atomic E-state index is -0.415. The Morgan fingerprint density at radius 1 is 1.31 bits per heavy atom. The van der Waals surface area contributed by atoms with Crippen LogP contribution in [0, 0.1) is 0 Å². The summed E-state index contributed by atoms with van der Waals surface area (Å²) in [5.41, 5.74) is 0. The molecule has 0 spiro atoms. The van der Waals surface area contributed by atoms with Crippen LogP contribution in [0.4, 0.5) is 0 Å². The second-order valence-electron chi connectivity index (χ2n) is 3.32. The molecule has 94 valence electrons. The lowest BCUT2D eigenvalue weighted by Crippen LogP contribution is -2.44. The molecule has 0 aliphatic heterocycles. The van der Waals surface area contributed by atoms with E-state index in [-0.39, 0.29) is 18.4 Å². The summed E-state index contributed by atoms with van der Waals surface area (Å²) in [6, 6.07) is -0.415. The van der Waals surface area contributed by atoms with Gasteiger partial charge >= 0.3 is 5.97 Å². The molecule has 2 N–H and O–H groups in total. The van der Waals surface area contributed by atoms with E-state index in [1.807, 2.05) is 0 Å². The fourth-order valence-corrected chi connectivity index (χ4v) is 0.982. The van der Waals surface area contributed by atoms with Crippen molar-refractivity contribution in [2.45, 2.75) is 19.4 Å². The Kier molecular flexibility index (Phi) is 8.46. The molecule has 0 bridgehead atoms. The van der Waals surface area contributed by atoms with Crippen LogP contribution in [-0.4, -0.2) is 51.8 Å². The molecule has 0 rings (SSSR count). The van der Waals surface area contributed by atoms with Crippen LogP contribution in [0.25, 0.3) is 0 Å². The number of rotatable bonds is 8. The number of methoxy groups -OCH3 is 2. The lowest BCUT2D eigenvalue weighted by atomic mass is 10.3. The first kappa shape index (κ1) is 14.9. The zero-order chi connectivity index (χ0) is 12.4. The third-order valence-corrected chi connectivity index (χ3v) is 2.00. The van der Waals surface area contributed by atoms with Crippen LogP contribution in [0.5, 0.6) is 0 Å². The van der Waals surface area contributed by atoms with Gasteiger partial charge in [0, 0.05) is 20.3 Å². The van der Waals surface area contributed by atoms with E-state index in [1.54, 1.807) is 14.0 Å². The zero-order valence-corrected chi connectivity index (χ0v) is 10.0. The largest absolute Gasteiger partial charge is 0.468 e. The number of ether oxygens (including phenoxy) is 2. The van der Waals surface area contributed by atoms with Crippen LogP contribution in [0.3, 0.4) is 0 Å². The van der Waals surface area contributed by atoms with Crippen LogP contribution < -0.4 is 10.6 Å². The summed E-state index contributed by atoms with van der Waals surface area (Å²) in [7, 11) is 2.92. The Labute approximate surface area is 95.7 Å². The maximum atomic E-state index is 11.4. The van der Waals surface area contributed by atoms with E-state index in [0.717, 1.165) is 6.42 Å². The number of carbonyl (C=O) groups excluding carboxylic acids is 2. The summed E-state index contributed by atoms with van der Waals surface area (Å²) in [6.07, 6.45) is 0.770. The molecule has 0 fully saturated rings. The van der Waals surface area contributed by atoms with Gasteiger partial charge in [0.15, 0.2) is 0 Å². The molecule has 6 heteroatoms. The average molecular weight is 232 g/mol. The van der Waals surface area contributed by atoms with Gasteiger partial charge in [0.1, 0.15) is 0 Å². The van der Waals surface area contributed by atoms with Gasteiger partial charge in [-0.15, -0.1) is 0 Å². The highest BCUT2D eigenvalue weighted by molar-refractivity contribution is 5.82. The van der Waals surface area contributed by atoms with E-state index in [1.165, 1.54) is 7.11 Å². The summed E-state index contributed by atoms with van der Waals surface area (Å²) >= 11 is 0. The maximum absolute atomic E-state index is 11.4. The number of hydrogen-bond acceptors (Lipinski definition) is 5. The van der Waals surface area contributed by atoms with Crippen molar-refractivity contribution in [3.8, 4) is 0 Å². The van der Waals surface area contributed by atoms with Crippen LogP contribution in [0.15, 0.2) is 0 Å². The number of nitrogens with one attached hydrogen (secondary N) is 2. The molecule has 0 aliphatic carbocycles. The fourth-order valence-electron chi connectivity index (χ4n) is 0.982. The van der Waals surface area contributed by atoms with Crippen molar-refractivity contribution in [3.05, 3.63) is 0 Å². The fraction of sp³-hybridized carbons (Fsp3) is 0.800. The Balaban J connectivity index is 3.61. The normalized spacial score (nSPS) is 11.9. The molecule has 1 amide bonds. The van der Waals surface area contributed by atoms with E-state index < -0.39 is 6.04 Å². The lowest BCUT2D eigenvalue weighted by molar-refractivity contribution is -0.139. The van der Waals surface area contributed by atoms with Crippen LogP contribution >= 0.6 is 0 Å². The smallest absolute Gasteiger partial charge is 0.319 e. The molecule has 0 aromatic rings. The predicted octanol–water partition coefficient (Wildman–Crippen LogP) is -0.710. The van der Waals surface area contributed by atoms with E-state index in [4.69, 9.17) is 4.74 Å². The van der Waals surface area contributed by atoms with Crippen LogP contribution in [-0.2, 0) is 19.1 Å². The Morgan fingerprint density at radius 3 is 2.56 bits per heavy atom. The maximum Gasteiger partial charge on any atom is 0.319 e. The number of amides is 1. The summed E-state index contributed by atoms with van der Waals surface area (Å²) in [6.45, 7) is 2.90. The van der Waals surface area contributed by atoms with Crippen molar-refractivity contribution in [1.29, 1.82) is 0 Å². The van der Waals surface area contributed by atoms with Gasteiger partial charge in [0.25, 0.3) is 0 Å². The van der Waals surface area contributed by atoms with Gasteiger partial charge in [-0.1, -0.05) is 0 Å². The molecule has 0 heterocycles. The zero-order valence-electron chi connectivity index (χ0n) is 10.0. The van der Waals surface area contributed by atoms with Crippen molar-refractivity contribution in [2.24, 2.45) is 0 Å². The second kappa shape index (κ2) is 9.11. The van der Waals surface area contributed by atoms with Crippen LogP contribution in [0.1, 0.15) is 13.3 Å². The van der Waals surface area contributed by atoms with Crippen molar-refractivity contribution in [1.82, 2.24) is 10.6 Å². The van der Waals surface area contributed by atoms with Gasteiger partial charge in [-0.3, -0.25) is 14.9 Å². The van der Waals surface area contributed by atoms with Crippen molar-refractivity contribution in [2.75, 3.05) is 33.9 Å². The van der Waals surface area contributed by atoms with Crippen molar-refractivity contribution >= 4 is 11.9 Å². The summed E-state index contributed by atoms with van der Waals surface area (Å²) in [5, 5.41) is 5.48.